The van der Waals surface area contributed by atoms with Crippen molar-refractivity contribution < 1.29 is 0 Å². The van der Waals surface area contributed by atoms with Crippen LogP contribution in [0.4, 0.5) is 0 Å². The van der Waals surface area contributed by atoms with E-state index in [1.807, 2.05) is 6.20 Å². The zero-order valence-electron chi connectivity index (χ0n) is 13.9. The molecule has 0 spiro atoms. The molecule has 0 aliphatic carbocycles. The van der Waals surface area contributed by atoms with Gasteiger partial charge in [-0.25, -0.2) is 4.98 Å². The number of unbranched alkanes of at least 4 members (excludes halogenated alkanes) is 5. The Morgan fingerprint density at radius 3 is 2.25 bits per heavy atom. The van der Waals surface area contributed by atoms with Gasteiger partial charge in [-0.05, 0) is 12.8 Å². The highest BCUT2D eigenvalue weighted by atomic mass is 15.0. The summed E-state index contributed by atoms with van der Waals surface area (Å²) in [5.41, 5.74) is 0. The molecule has 0 aliphatic rings. The molecule has 1 aromatic heterocycles. The molecule has 1 rings (SSSR count). The van der Waals surface area contributed by atoms with E-state index in [1.165, 1.54) is 70.0 Å². The largest absolute Gasteiger partial charge is 0.335 e. The minimum absolute atomic E-state index is 0.839. The summed E-state index contributed by atoms with van der Waals surface area (Å²) < 4.78 is 2.30. The summed E-state index contributed by atoms with van der Waals surface area (Å²) in [5, 5.41) is 0. The van der Waals surface area contributed by atoms with Gasteiger partial charge >= 0.3 is 0 Å². The first-order valence-electron chi connectivity index (χ1n) is 8.81. The van der Waals surface area contributed by atoms with Crippen molar-refractivity contribution in [2.24, 2.45) is 5.92 Å². The molecule has 1 unspecified atom stereocenters. The summed E-state index contributed by atoms with van der Waals surface area (Å²) in [7, 11) is 0. The van der Waals surface area contributed by atoms with E-state index in [-0.39, 0.29) is 0 Å². The lowest BCUT2D eigenvalue weighted by atomic mass is 9.91. The van der Waals surface area contributed by atoms with Crippen LogP contribution in [0.1, 0.15) is 84.4 Å². The van der Waals surface area contributed by atoms with Crippen molar-refractivity contribution in [3.8, 4) is 0 Å². The molecule has 0 saturated carbocycles. The Labute approximate surface area is 126 Å². The first-order valence-corrected chi connectivity index (χ1v) is 8.81. The van der Waals surface area contributed by atoms with Gasteiger partial charge in [-0.15, -0.1) is 0 Å². The lowest BCUT2D eigenvalue weighted by Crippen LogP contribution is -2.10. The van der Waals surface area contributed by atoms with Crippen LogP contribution in [0.25, 0.3) is 0 Å². The highest BCUT2D eigenvalue weighted by molar-refractivity contribution is 4.93. The monoisotopic (exact) mass is 278 g/mol. The van der Waals surface area contributed by atoms with Gasteiger partial charge in [0.15, 0.2) is 0 Å². The summed E-state index contributed by atoms with van der Waals surface area (Å²) in [6, 6.07) is 0. The molecule has 2 heteroatoms. The second-order valence-electron chi connectivity index (χ2n) is 6.04. The van der Waals surface area contributed by atoms with Gasteiger partial charge in [0.2, 0.25) is 0 Å². The van der Waals surface area contributed by atoms with Gasteiger partial charge < -0.3 is 4.57 Å². The van der Waals surface area contributed by atoms with Crippen molar-refractivity contribution >= 4 is 0 Å². The summed E-state index contributed by atoms with van der Waals surface area (Å²) >= 11 is 0. The molecule has 0 radical (unpaired) electrons. The molecule has 1 aromatic rings. The Morgan fingerprint density at radius 2 is 1.60 bits per heavy atom. The molecule has 0 fully saturated rings. The smallest absolute Gasteiger partial charge is 0.108 e. The Morgan fingerprint density at radius 1 is 0.950 bits per heavy atom. The third-order valence-electron chi connectivity index (χ3n) is 4.30. The van der Waals surface area contributed by atoms with Crippen LogP contribution in [0.2, 0.25) is 0 Å². The molecule has 0 aromatic carbocycles. The maximum Gasteiger partial charge on any atom is 0.108 e. The maximum atomic E-state index is 4.56. The number of aromatic nitrogens is 2. The number of hydrogen-bond donors (Lipinski definition) is 0. The number of hydrogen-bond acceptors (Lipinski definition) is 1. The fourth-order valence-electron chi connectivity index (χ4n) is 2.97. The summed E-state index contributed by atoms with van der Waals surface area (Å²) in [6.07, 6.45) is 17.7. The lowest BCUT2D eigenvalue weighted by molar-refractivity contribution is 0.394. The van der Waals surface area contributed by atoms with E-state index in [0.717, 1.165) is 12.5 Å². The van der Waals surface area contributed by atoms with Crippen LogP contribution in [-0.2, 0) is 13.0 Å². The molecule has 20 heavy (non-hydrogen) atoms. The van der Waals surface area contributed by atoms with Gasteiger partial charge in [0, 0.05) is 25.4 Å². The van der Waals surface area contributed by atoms with Crippen molar-refractivity contribution in [3.05, 3.63) is 18.2 Å². The quantitative estimate of drug-likeness (QED) is 0.454. The summed E-state index contributed by atoms with van der Waals surface area (Å²) in [4.78, 5) is 4.56. The van der Waals surface area contributed by atoms with E-state index in [9.17, 15) is 0 Å². The highest BCUT2D eigenvalue weighted by Crippen LogP contribution is 2.21. The Bertz CT molecular complexity index is 330. The Kier molecular flexibility index (Phi) is 9.44. The minimum atomic E-state index is 0.839. The van der Waals surface area contributed by atoms with Crippen LogP contribution in [-0.4, -0.2) is 9.55 Å². The second kappa shape index (κ2) is 10.9. The van der Waals surface area contributed by atoms with Gasteiger partial charge in [0.1, 0.15) is 5.82 Å². The van der Waals surface area contributed by atoms with Crippen molar-refractivity contribution in [2.45, 2.75) is 91.5 Å². The SMILES string of the molecule is CCCCCCC(CCCCC)Cc1nccn1CC. The van der Waals surface area contributed by atoms with Crippen LogP contribution in [0.5, 0.6) is 0 Å². The average Bonchev–Trinajstić information content (AvgIpc) is 2.90. The molecule has 0 saturated heterocycles. The average molecular weight is 278 g/mol. The van der Waals surface area contributed by atoms with Crippen LogP contribution in [0.3, 0.4) is 0 Å². The molecule has 1 atom stereocenters. The maximum absolute atomic E-state index is 4.56. The first kappa shape index (κ1) is 17.3. The molecule has 0 N–H and O–H groups in total. The molecule has 1 heterocycles. The normalized spacial score (nSPS) is 12.8. The van der Waals surface area contributed by atoms with Crippen LogP contribution < -0.4 is 0 Å². The zero-order chi connectivity index (χ0) is 14.6. The number of nitrogens with zero attached hydrogens (tertiary/aromatic N) is 2. The molecule has 0 amide bonds. The van der Waals surface area contributed by atoms with Crippen LogP contribution in [0, 0.1) is 5.92 Å². The van der Waals surface area contributed by atoms with E-state index < -0.39 is 0 Å². The zero-order valence-corrected chi connectivity index (χ0v) is 13.9. The third-order valence-corrected chi connectivity index (χ3v) is 4.30. The lowest BCUT2D eigenvalue weighted by Gasteiger charge is -2.17. The fraction of sp³-hybridized carbons (Fsp3) is 0.833. The van der Waals surface area contributed by atoms with Crippen molar-refractivity contribution in [2.75, 3.05) is 0 Å². The molecule has 2 nitrogen and oxygen atoms in total. The van der Waals surface area contributed by atoms with Gasteiger partial charge in [-0.3, -0.25) is 0 Å². The Hall–Kier alpha value is -0.790. The summed E-state index contributed by atoms with van der Waals surface area (Å²) in [6.45, 7) is 7.84. The Balaban J connectivity index is 2.43. The van der Waals surface area contributed by atoms with E-state index in [4.69, 9.17) is 0 Å². The number of rotatable bonds is 12. The third kappa shape index (κ3) is 6.58. The van der Waals surface area contributed by atoms with E-state index in [1.54, 1.807) is 0 Å². The highest BCUT2D eigenvalue weighted by Gasteiger charge is 2.12. The minimum Gasteiger partial charge on any atom is -0.335 e. The predicted molar refractivity (Wildman–Crippen MR) is 88.0 cm³/mol. The van der Waals surface area contributed by atoms with Gasteiger partial charge in [0.05, 0.1) is 0 Å². The standard InChI is InChI=1S/C18H34N2/c1-4-7-9-11-13-17(12-10-8-5-2)16-18-19-14-15-20(18)6-3/h14-15,17H,4-13,16H2,1-3H3. The number of aryl methyl sites for hydroxylation is 1. The predicted octanol–water partition coefficient (Wildman–Crippen LogP) is 5.61. The number of imidazole rings is 1. The molecular weight excluding hydrogens is 244 g/mol. The van der Waals surface area contributed by atoms with Crippen molar-refractivity contribution in [3.63, 3.8) is 0 Å². The van der Waals surface area contributed by atoms with Gasteiger partial charge in [0.25, 0.3) is 0 Å². The van der Waals surface area contributed by atoms with Crippen LogP contribution in [0.15, 0.2) is 12.4 Å². The molecule has 116 valence electrons. The van der Waals surface area contributed by atoms with Crippen LogP contribution >= 0.6 is 0 Å². The van der Waals surface area contributed by atoms with Crippen molar-refractivity contribution in [1.29, 1.82) is 0 Å². The second-order valence-corrected chi connectivity index (χ2v) is 6.04. The van der Waals surface area contributed by atoms with E-state index in [2.05, 4.69) is 36.5 Å². The van der Waals surface area contributed by atoms with Crippen molar-refractivity contribution in [1.82, 2.24) is 9.55 Å². The van der Waals surface area contributed by atoms with Gasteiger partial charge in [-0.2, -0.15) is 0 Å². The first-order chi connectivity index (χ1) is 9.81. The topological polar surface area (TPSA) is 17.8 Å². The molecule has 0 aliphatic heterocycles. The molecular formula is C18H34N2. The molecule has 0 bridgehead atoms. The van der Waals surface area contributed by atoms with E-state index in [0.29, 0.717) is 0 Å². The summed E-state index contributed by atoms with van der Waals surface area (Å²) in [5.74, 6) is 2.13. The van der Waals surface area contributed by atoms with Gasteiger partial charge in [-0.1, -0.05) is 71.6 Å². The fourth-order valence-corrected chi connectivity index (χ4v) is 2.97. The van der Waals surface area contributed by atoms with E-state index >= 15 is 0 Å².